The van der Waals surface area contributed by atoms with E-state index in [0.717, 1.165) is 12.1 Å². The lowest BCUT2D eigenvalue weighted by Gasteiger charge is -2.31. The molecule has 21 heavy (non-hydrogen) atoms. The lowest BCUT2D eigenvalue weighted by atomic mass is 10.2. The van der Waals surface area contributed by atoms with Crippen LogP contribution in [0, 0.1) is 0 Å². The molecule has 1 fully saturated rings. The van der Waals surface area contributed by atoms with E-state index >= 15 is 0 Å². The Hall–Kier alpha value is -0.830. The average molecular weight is 343 g/mol. The maximum atomic E-state index is 12.8. The van der Waals surface area contributed by atoms with Crippen LogP contribution in [0.4, 0.5) is 13.2 Å². The number of nitrogens with zero attached hydrogens (tertiary/aromatic N) is 1. The van der Waals surface area contributed by atoms with Crippen molar-refractivity contribution in [2.45, 2.75) is 24.0 Å². The zero-order valence-electron chi connectivity index (χ0n) is 11.1. The Morgan fingerprint density at radius 2 is 2.05 bits per heavy atom. The van der Waals surface area contributed by atoms with Gasteiger partial charge in [0, 0.05) is 25.7 Å². The molecule has 0 amide bonds. The maximum Gasteiger partial charge on any atom is 0.417 e. The Bertz CT molecular complexity index is 634. The molecule has 0 saturated carbocycles. The molecule has 1 aromatic rings. The van der Waals surface area contributed by atoms with Gasteiger partial charge in [-0.2, -0.15) is 17.5 Å². The lowest BCUT2D eigenvalue weighted by Crippen LogP contribution is -2.51. The first kappa shape index (κ1) is 16.5. The molecule has 1 aliphatic heterocycles. The third-order valence-electron chi connectivity index (χ3n) is 3.21. The normalized spacial score (nSPS) is 21.5. The Morgan fingerprint density at radius 3 is 2.62 bits per heavy atom. The molecule has 1 heterocycles. The van der Waals surface area contributed by atoms with Gasteiger partial charge >= 0.3 is 6.18 Å². The average Bonchev–Trinajstić information content (AvgIpc) is 2.37. The van der Waals surface area contributed by atoms with Crippen LogP contribution in [0.1, 0.15) is 12.5 Å². The molecule has 118 valence electrons. The molecule has 2 rings (SSSR count). The molecular weight excluding hydrogens is 329 g/mol. The number of nitrogens with one attached hydrogen (secondary N) is 1. The van der Waals surface area contributed by atoms with E-state index in [1.54, 1.807) is 0 Å². The molecule has 1 N–H and O–H groups in total. The van der Waals surface area contributed by atoms with Gasteiger partial charge in [-0.05, 0) is 25.1 Å². The first-order valence-corrected chi connectivity index (χ1v) is 8.04. The molecule has 1 saturated heterocycles. The highest BCUT2D eigenvalue weighted by Gasteiger charge is 2.36. The summed E-state index contributed by atoms with van der Waals surface area (Å²) in [6.07, 6.45) is -4.70. The first-order valence-electron chi connectivity index (χ1n) is 6.22. The summed E-state index contributed by atoms with van der Waals surface area (Å²) in [4.78, 5) is -0.395. The summed E-state index contributed by atoms with van der Waals surface area (Å²) in [6.45, 7) is 2.70. The summed E-state index contributed by atoms with van der Waals surface area (Å²) in [5.41, 5.74) is -1.14. The predicted molar refractivity (Wildman–Crippen MR) is 72.7 cm³/mol. The molecule has 0 radical (unpaired) electrons. The van der Waals surface area contributed by atoms with Crippen LogP contribution in [-0.2, 0) is 16.2 Å². The van der Waals surface area contributed by atoms with Crippen molar-refractivity contribution in [1.82, 2.24) is 9.62 Å². The Morgan fingerprint density at radius 1 is 1.38 bits per heavy atom. The van der Waals surface area contributed by atoms with Crippen LogP contribution in [0.25, 0.3) is 0 Å². The van der Waals surface area contributed by atoms with E-state index in [1.807, 2.05) is 6.92 Å². The van der Waals surface area contributed by atoms with Crippen molar-refractivity contribution < 1.29 is 21.6 Å². The molecule has 4 nitrogen and oxygen atoms in total. The Labute approximate surface area is 125 Å². The number of hydrogen-bond acceptors (Lipinski definition) is 3. The van der Waals surface area contributed by atoms with Crippen molar-refractivity contribution in [2.75, 3.05) is 19.6 Å². The summed E-state index contributed by atoms with van der Waals surface area (Å²) < 4.78 is 64.5. The van der Waals surface area contributed by atoms with Crippen molar-refractivity contribution in [3.63, 3.8) is 0 Å². The van der Waals surface area contributed by atoms with Crippen LogP contribution in [0.2, 0.25) is 5.02 Å². The van der Waals surface area contributed by atoms with Crippen molar-refractivity contribution in [2.24, 2.45) is 0 Å². The fourth-order valence-electron chi connectivity index (χ4n) is 2.15. The van der Waals surface area contributed by atoms with Gasteiger partial charge in [0.1, 0.15) is 0 Å². The Kier molecular flexibility index (Phi) is 4.53. The van der Waals surface area contributed by atoms with Crippen LogP contribution in [0.15, 0.2) is 23.1 Å². The van der Waals surface area contributed by atoms with Crippen molar-refractivity contribution in [3.05, 3.63) is 28.8 Å². The highest BCUT2D eigenvalue weighted by Crippen LogP contribution is 2.36. The van der Waals surface area contributed by atoms with E-state index in [2.05, 4.69) is 5.32 Å². The third kappa shape index (κ3) is 3.50. The lowest BCUT2D eigenvalue weighted by molar-refractivity contribution is -0.137. The van der Waals surface area contributed by atoms with Gasteiger partial charge in [-0.3, -0.25) is 0 Å². The largest absolute Gasteiger partial charge is 0.417 e. The minimum Gasteiger partial charge on any atom is -0.312 e. The SMILES string of the molecule is C[C@@H]1CN(S(=O)(=O)c2ccc(Cl)c(C(F)(F)F)c2)CCN1. The van der Waals surface area contributed by atoms with Gasteiger partial charge in [-0.15, -0.1) is 0 Å². The van der Waals surface area contributed by atoms with E-state index in [-0.39, 0.29) is 19.1 Å². The molecule has 0 spiro atoms. The standard InChI is InChI=1S/C12H14ClF3N2O2S/c1-8-7-18(5-4-17-8)21(19,20)9-2-3-11(13)10(6-9)12(14,15)16/h2-3,6,8,17H,4-5,7H2,1H3/t8-/m1/s1. The van der Waals surface area contributed by atoms with Gasteiger partial charge in [-0.1, -0.05) is 11.6 Å². The molecule has 1 atom stereocenters. The van der Waals surface area contributed by atoms with Crippen LogP contribution in [-0.4, -0.2) is 38.4 Å². The summed E-state index contributed by atoms with van der Waals surface area (Å²) in [6, 6.07) is 2.59. The highest BCUT2D eigenvalue weighted by atomic mass is 35.5. The molecule has 0 aromatic heterocycles. The molecule has 1 aliphatic rings. The minimum absolute atomic E-state index is 0.0529. The van der Waals surface area contributed by atoms with Gasteiger partial charge in [0.05, 0.1) is 15.5 Å². The summed E-state index contributed by atoms with van der Waals surface area (Å²) in [5.74, 6) is 0. The van der Waals surface area contributed by atoms with Gasteiger partial charge in [0.25, 0.3) is 0 Å². The third-order valence-corrected chi connectivity index (χ3v) is 5.40. The molecule has 1 aromatic carbocycles. The summed E-state index contributed by atoms with van der Waals surface area (Å²) >= 11 is 5.50. The number of piperazine rings is 1. The quantitative estimate of drug-likeness (QED) is 0.897. The van der Waals surface area contributed by atoms with E-state index in [1.165, 1.54) is 4.31 Å². The summed E-state index contributed by atoms with van der Waals surface area (Å²) in [5, 5.41) is 2.55. The van der Waals surface area contributed by atoms with E-state index in [4.69, 9.17) is 11.6 Å². The highest BCUT2D eigenvalue weighted by molar-refractivity contribution is 7.89. The predicted octanol–water partition coefficient (Wildman–Crippen LogP) is 2.34. The van der Waals surface area contributed by atoms with Crippen molar-refractivity contribution >= 4 is 21.6 Å². The van der Waals surface area contributed by atoms with Crippen LogP contribution in [0.3, 0.4) is 0 Å². The number of rotatable bonds is 2. The van der Waals surface area contributed by atoms with Gasteiger partial charge < -0.3 is 5.32 Å². The maximum absolute atomic E-state index is 12.8. The van der Waals surface area contributed by atoms with Gasteiger partial charge in [-0.25, -0.2) is 8.42 Å². The van der Waals surface area contributed by atoms with E-state index in [0.29, 0.717) is 12.6 Å². The van der Waals surface area contributed by atoms with E-state index < -0.39 is 31.7 Å². The van der Waals surface area contributed by atoms with E-state index in [9.17, 15) is 21.6 Å². The van der Waals surface area contributed by atoms with Crippen molar-refractivity contribution in [1.29, 1.82) is 0 Å². The number of benzene rings is 1. The second-order valence-electron chi connectivity index (χ2n) is 4.86. The fourth-order valence-corrected chi connectivity index (χ4v) is 3.93. The number of alkyl halides is 3. The minimum atomic E-state index is -4.70. The molecule has 0 bridgehead atoms. The number of halogens is 4. The zero-order valence-corrected chi connectivity index (χ0v) is 12.7. The van der Waals surface area contributed by atoms with Crippen molar-refractivity contribution in [3.8, 4) is 0 Å². The van der Waals surface area contributed by atoms with Crippen LogP contribution in [0.5, 0.6) is 0 Å². The Balaban J connectivity index is 2.41. The second-order valence-corrected chi connectivity index (χ2v) is 7.20. The smallest absolute Gasteiger partial charge is 0.312 e. The number of hydrogen-bond donors (Lipinski definition) is 1. The van der Waals surface area contributed by atoms with Gasteiger partial charge in [0.2, 0.25) is 10.0 Å². The fraction of sp³-hybridized carbons (Fsp3) is 0.500. The topological polar surface area (TPSA) is 49.4 Å². The van der Waals surface area contributed by atoms with Crippen LogP contribution < -0.4 is 5.32 Å². The zero-order chi connectivity index (χ0) is 15.8. The van der Waals surface area contributed by atoms with Crippen LogP contribution >= 0.6 is 11.6 Å². The molecule has 9 heteroatoms. The molecular formula is C12H14ClF3N2O2S. The molecule has 0 unspecified atom stereocenters. The number of sulfonamides is 1. The molecule has 0 aliphatic carbocycles. The van der Waals surface area contributed by atoms with Gasteiger partial charge in [0.15, 0.2) is 0 Å². The monoisotopic (exact) mass is 342 g/mol. The first-order chi connectivity index (χ1) is 9.62. The second kappa shape index (κ2) is 5.75. The summed E-state index contributed by atoms with van der Waals surface area (Å²) in [7, 11) is -3.96.